The third-order valence-electron chi connectivity index (χ3n) is 3.29. The Morgan fingerprint density at radius 2 is 2.06 bits per heavy atom. The van der Waals surface area contributed by atoms with Gasteiger partial charge in [-0.05, 0) is 43.9 Å². The second-order valence-corrected chi connectivity index (χ2v) is 4.62. The molecule has 1 aliphatic rings. The molecule has 90 valence electrons. The summed E-state index contributed by atoms with van der Waals surface area (Å²) in [6.45, 7) is 7.67. The van der Waals surface area contributed by atoms with E-state index in [0.29, 0.717) is 6.42 Å². The van der Waals surface area contributed by atoms with Gasteiger partial charge in [0.15, 0.2) is 5.78 Å². The van der Waals surface area contributed by atoms with Crippen molar-refractivity contribution in [1.29, 1.82) is 0 Å². The highest BCUT2D eigenvalue weighted by molar-refractivity contribution is 5.94. The van der Waals surface area contributed by atoms with E-state index in [1.54, 1.807) is 6.92 Å². The molecule has 0 radical (unpaired) electrons. The number of carbonyl (C=O) groups excluding carboxylic acids is 1. The fourth-order valence-corrected chi connectivity index (χ4v) is 2.31. The van der Waals surface area contributed by atoms with Crippen LogP contribution in [0.1, 0.15) is 37.5 Å². The van der Waals surface area contributed by atoms with Crippen LogP contribution >= 0.6 is 0 Å². The molecule has 0 aromatic heterocycles. The maximum absolute atomic E-state index is 11.5. The lowest BCUT2D eigenvalue weighted by atomic mass is 9.94. The van der Waals surface area contributed by atoms with Crippen molar-refractivity contribution in [3.8, 4) is 5.75 Å². The van der Waals surface area contributed by atoms with Gasteiger partial charge in [0.25, 0.3) is 0 Å². The van der Waals surface area contributed by atoms with Crippen LogP contribution in [0, 0.1) is 6.92 Å². The molecule has 0 aliphatic carbocycles. The topological polar surface area (TPSA) is 26.3 Å². The van der Waals surface area contributed by atoms with Gasteiger partial charge in [0.2, 0.25) is 0 Å². The van der Waals surface area contributed by atoms with Gasteiger partial charge in [0.05, 0.1) is 0 Å². The Bertz CT molecular complexity index is 510. The van der Waals surface area contributed by atoms with Crippen LogP contribution in [0.15, 0.2) is 23.5 Å². The molecule has 0 bridgehead atoms. The van der Waals surface area contributed by atoms with Crippen LogP contribution in [0.2, 0.25) is 0 Å². The number of benzene rings is 1. The number of hydrogen-bond donors (Lipinski definition) is 0. The molecule has 1 heterocycles. The number of fused-ring (bicyclic) bond motifs is 1. The molecule has 2 heteroatoms. The van der Waals surface area contributed by atoms with E-state index in [-0.39, 0.29) is 5.78 Å². The van der Waals surface area contributed by atoms with Gasteiger partial charge in [-0.1, -0.05) is 19.1 Å². The number of rotatable bonds is 2. The lowest BCUT2D eigenvalue weighted by Gasteiger charge is -2.22. The third-order valence-corrected chi connectivity index (χ3v) is 3.29. The summed E-state index contributed by atoms with van der Waals surface area (Å²) in [5, 5.41) is 0. The van der Waals surface area contributed by atoms with Crippen molar-refractivity contribution in [3.05, 3.63) is 40.2 Å². The maximum Gasteiger partial charge on any atom is 0.159 e. The molecular formula is C15H18O2. The van der Waals surface area contributed by atoms with Gasteiger partial charge in [-0.2, -0.15) is 0 Å². The Balaban J connectivity index is 2.48. The minimum Gasteiger partial charge on any atom is -0.461 e. The van der Waals surface area contributed by atoms with Crippen molar-refractivity contribution in [1.82, 2.24) is 0 Å². The van der Waals surface area contributed by atoms with Crippen molar-refractivity contribution >= 4 is 5.78 Å². The lowest BCUT2D eigenvalue weighted by molar-refractivity contribution is -0.113. The van der Waals surface area contributed by atoms with Crippen molar-refractivity contribution < 1.29 is 9.53 Å². The predicted octanol–water partition coefficient (Wildman–Crippen LogP) is 3.36. The van der Waals surface area contributed by atoms with E-state index in [1.807, 2.05) is 6.92 Å². The minimum absolute atomic E-state index is 0.104. The number of aryl methyl sites for hydroxylation is 2. The molecule has 2 rings (SSSR count). The molecule has 2 nitrogen and oxygen atoms in total. The van der Waals surface area contributed by atoms with Crippen molar-refractivity contribution in [2.24, 2.45) is 0 Å². The zero-order valence-electron chi connectivity index (χ0n) is 10.9. The Labute approximate surface area is 102 Å². The second-order valence-electron chi connectivity index (χ2n) is 4.62. The second kappa shape index (κ2) is 4.36. The molecule has 0 saturated heterocycles. The molecule has 1 aromatic carbocycles. The van der Waals surface area contributed by atoms with E-state index in [1.165, 1.54) is 5.56 Å². The normalized spacial score (nSPS) is 14.4. The van der Waals surface area contributed by atoms with Gasteiger partial charge in [-0.15, -0.1) is 0 Å². The SMILES string of the molecule is CCc1cc(C)c2c(c1)CC(C(C)=O)=C(C)O2. The van der Waals surface area contributed by atoms with Crippen LogP contribution in [-0.2, 0) is 17.6 Å². The lowest BCUT2D eigenvalue weighted by Crippen LogP contribution is -2.14. The molecule has 0 spiro atoms. The van der Waals surface area contributed by atoms with Gasteiger partial charge in [0, 0.05) is 12.0 Å². The zero-order chi connectivity index (χ0) is 12.6. The Hall–Kier alpha value is -1.57. The number of ether oxygens (including phenoxy) is 1. The summed E-state index contributed by atoms with van der Waals surface area (Å²) in [5.41, 5.74) is 4.39. The van der Waals surface area contributed by atoms with Gasteiger partial charge >= 0.3 is 0 Å². The fraction of sp³-hybridized carbons (Fsp3) is 0.400. The van der Waals surface area contributed by atoms with E-state index in [4.69, 9.17) is 4.74 Å². The van der Waals surface area contributed by atoms with Crippen molar-refractivity contribution in [3.63, 3.8) is 0 Å². The van der Waals surface area contributed by atoms with E-state index < -0.39 is 0 Å². The first-order valence-electron chi connectivity index (χ1n) is 6.03. The molecule has 17 heavy (non-hydrogen) atoms. The third kappa shape index (κ3) is 2.12. The highest BCUT2D eigenvalue weighted by Crippen LogP contribution is 2.34. The van der Waals surface area contributed by atoms with Crippen LogP contribution in [0.25, 0.3) is 0 Å². The Morgan fingerprint density at radius 3 is 2.65 bits per heavy atom. The average molecular weight is 230 g/mol. The first-order chi connectivity index (χ1) is 8.02. The quantitative estimate of drug-likeness (QED) is 0.778. The zero-order valence-corrected chi connectivity index (χ0v) is 10.9. The Morgan fingerprint density at radius 1 is 1.35 bits per heavy atom. The monoisotopic (exact) mass is 230 g/mol. The highest BCUT2D eigenvalue weighted by atomic mass is 16.5. The summed E-state index contributed by atoms with van der Waals surface area (Å²) in [7, 11) is 0. The molecule has 1 aromatic rings. The molecule has 0 unspecified atom stereocenters. The number of hydrogen-bond acceptors (Lipinski definition) is 2. The summed E-state index contributed by atoms with van der Waals surface area (Å²) in [6, 6.07) is 4.31. The Kier molecular flexibility index (Phi) is 3.05. The van der Waals surface area contributed by atoms with Gasteiger partial charge in [-0.3, -0.25) is 4.79 Å². The molecule has 0 atom stereocenters. The molecule has 0 fully saturated rings. The maximum atomic E-state index is 11.5. The summed E-state index contributed by atoms with van der Waals surface area (Å²) in [4.78, 5) is 11.5. The first kappa shape index (κ1) is 11.9. The van der Waals surface area contributed by atoms with E-state index in [0.717, 1.165) is 34.6 Å². The predicted molar refractivity (Wildman–Crippen MR) is 68.3 cm³/mol. The van der Waals surface area contributed by atoms with Crippen LogP contribution < -0.4 is 4.74 Å². The van der Waals surface area contributed by atoms with Crippen LogP contribution in [-0.4, -0.2) is 5.78 Å². The van der Waals surface area contributed by atoms with Crippen LogP contribution in [0.3, 0.4) is 0 Å². The van der Waals surface area contributed by atoms with Gasteiger partial charge in [-0.25, -0.2) is 0 Å². The van der Waals surface area contributed by atoms with E-state index in [9.17, 15) is 4.79 Å². The van der Waals surface area contributed by atoms with E-state index >= 15 is 0 Å². The van der Waals surface area contributed by atoms with Crippen molar-refractivity contribution in [2.45, 2.75) is 40.5 Å². The summed E-state index contributed by atoms with van der Waals surface area (Å²) < 4.78 is 5.79. The van der Waals surface area contributed by atoms with Gasteiger partial charge in [0.1, 0.15) is 11.5 Å². The molecule has 0 amide bonds. The van der Waals surface area contributed by atoms with Crippen LogP contribution in [0.5, 0.6) is 5.75 Å². The fourth-order valence-electron chi connectivity index (χ4n) is 2.31. The molecule has 0 saturated carbocycles. The van der Waals surface area contributed by atoms with E-state index in [2.05, 4.69) is 26.0 Å². The number of carbonyl (C=O) groups is 1. The molecular weight excluding hydrogens is 212 g/mol. The first-order valence-corrected chi connectivity index (χ1v) is 6.03. The highest BCUT2D eigenvalue weighted by Gasteiger charge is 2.21. The van der Waals surface area contributed by atoms with Crippen molar-refractivity contribution in [2.75, 3.05) is 0 Å². The molecule has 0 N–H and O–H groups in total. The average Bonchev–Trinajstić information content (AvgIpc) is 2.28. The minimum atomic E-state index is 0.104. The smallest absolute Gasteiger partial charge is 0.159 e. The summed E-state index contributed by atoms with van der Waals surface area (Å²) >= 11 is 0. The number of allylic oxidation sites excluding steroid dienone is 2. The standard InChI is InChI=1S/C15H18O2/c1-5-12-6-9(2)15-13(7-12)8-14(10(3)16)11(4)17-15/h6-7H,5,8H2,1-4H3. The number of Topliss-reactive ketones (excluding diaryl/α,β-unsaturated/α-hetero) is 1. The number of ketones is 1. The van der Waals surface area contributed by atoms with Crippen LogP contribution in [0.4, 0.5) is 0 Å². The largest absolute Gasteiger partial charge is 0.461 e. The van der Waals surface area contributed by atoms with Gasteiger partial charge < -0.3 is 4.74 Å². The molecule has 1 aliphatic heterocycles. The summed E-state index contributed by atoms with van der Waals surface area (Å²) in [5.74, 6) is 1.79. The summed E-state index contributed by atoms with van der Waals surface area (Å²) in [6.07, 6.45) is 1.71.